The zero-order valence-corrected chi connectivity index (χ0v) is 20.5. The van der Waals surface area contributed by atoms with Crippen LogP contribution < -0.4 is 14.4 Å². The minimum atomic E-state index is -1.17. The Bertz CT molecular complexity index is 1380. The number of carbonyl (C=O) groups excluding carboxylic acids is 2. The second-order valence-corrected chi connectivity index (χ2v) is 8.60. The molecule has 1 saturated heterocycles. The van der Waals surface area contributed by atoms with Gasteiger partial charge in [-0.1, -0.05) is 40.9 Å². The molecule has 0 aliphatic carbocycles. The lowest BCUT2D eigenvalue weighted by atomic mass is 9.95. The van der Waals surface area contributed by atoms with E-state index in [4.69, 9.17) is 44.3 Å². The van der Waals surface area contributed by atoms with Crippen molar-refractivity contribution in [3.8, 4) is 17.2 Å². The number of carbonyl (C=O) groups is 2. The fourth-order valence-electron chi connectivity index (χ4n) is 3.92. The van der Waals surface area contributed by atoms with Crippen LogP contribution in [0.2, 0.25) is 15.1 Å². The summed E-state index contributed by atoms with van der Waals surface area (Å²) in [6.45, 7) is 0. The molecule has 0 radical (unpaired) electrons. The molecule has 0 bridgehead atoms. The number of hydrogen-bond acceptors (Lipinski definition) is 7. The summed E-state index contributed by atoms with van der Waals surface area (Å²) in [4.78, 5) is 31.7. The van der Waals surface area contributed by atoms with Crippen molar-refractivity contribution in [1.29, 1.82) is 0 Å². The van der Waals surface area contributed by atoms with E-state index in [2.05, 4.69) is 4.98 Å². The molecule has 1 atom stereocenters. The lowest BCUT2D eigenvalue weighted by molar-refractivity contribution is -0.132. The maximum atomic E-state index is 13.3. The Hall–Kier alpha value is -3.46. The van der Waals surface area contributed by atoms with Crippen LogP contribution >= 0.6 is 34.8 Å². The molecule has 0 saturated carbocycles. The van der Waals surface area contributed by atoms with Gasteiger partial charge in [-0.2, -0.15) is 0 Å². The zero-order valence-electron chi connectivity index (χ0n) is 18.3. The van der Waals surface area contributed by atoms with Gasteiger partial charge in [0, 0.05) is 17.4 Å². The van der Waals surface area contributed by atoms with Gasteiger partial charge in [0.1, 0.15) is 16.5 Å². The number of aliphatic hydroxyl groups is 1. The molecule has 0 spiro atoms. The van der Waals surface area contributed by atoms with Crippen molar-refractivity contribution in [3.05, 3.63) is 80.6 Å². The first-order chi connectivity index (χ1) is 16.7. The number of nitrogens with zero attached hydrogens (tertiary/aromatic N) is 2. The monoisotopic (exact) mass is 534 g/mol. The van der Waals surface area contributed by atoms with Crippen molar-refractivity contribution in [2.75, 3.05) is 19.1 Å². The van der Waals surface area contributed by atoms with E-state index in [1.54, 1.807) is 12.1 Å². The predicted molar refractivity (Wildman–Crippen MR) is 132 cm³/mol. The number of anilines is 1. The van der Waals surface area contributed by atoms with Crippen LogP contribution in [0.1, 0.15) is 17.2 Å². The molecule has 11 heteroatoms. The van der Waals surface area contributed by atoms with Gasteiger partial charge in [-0.05, 0) is 35.9 Å². The van der Waals surface area contributed by atoms with Gasteiger partial charge in [-0.15, -0.1) is 0 Å². The van der Waals surface area contributed by atoms with Gasteiger partial charge in [-0.25, -0.2) is 0 Å². The lowest BCUT2D eigenvalue weighted by Gasteiger charge is -2.26. The van der Waals surface area contributed by atoms with Gasteiger partial charge in [0.2, 0.25) is 0 Å². The molecule has 35 heavy (non-hydrogen) atoms. The Morgan fingerprint density at radius 1 is 1.06 bits per heavy atom. The first-order valence-electron chi connectivity index (χ1n) is 10.0. The fraction of sp³-hybridized carbons (Fsp3) is 0.125. The maximum absolute atomic E-state index is 13.3. The quantitative estimate of drug-likeness (QED) is 0.256. The number of hydrogen-bond donors (Lipinski definition) is 2. The molecule has 1 aliphatic rings. The van der Waals surface area contributed by atoms with Crippen LogP contribution in [0.25, 0.3) is 5.76 Å². The number of Topliss-reactive ketones (excluding diaryl/α,β-unsaturated/α-hetero) is 1. The molecule has 3 aromatic rings. The number of phenols is 1. The number of pyridine rings is 1. The lowest BCUT2D eigenvalue weighted by Crippen LogP contribution is -2.29. The van der Waals surface area contributed by atoms with E-state index in [0.717, 1.165) is 4.90 Å². The standard InChI is InChI=1S/C24H17Cl3N2O6/c1-34-22-13(9-14(26)23(35-2)18(22)27)20(31)17-19(11-4-3-7-28-10-11)29(24(33)21(17)32)15-8-12(25)5-6-16(15)30/h3-10,19,30-31H,1-2H3/b20-17+. The number of benzene rings is 2. The number of methoxy groups -OCH3 is 2. The minimum absolute atomic E-state index is 0.0212. The van der Waals surface area contributed by atoms with E-state index < -0.39 is 23.5 Å². The van der Waals surface area contributed by atoms with Crippen LogP contribution in [0.4, 0.5) is 5.69 Å². The minimum Gasteiger partial charge on any atom is -0.507 e. The number of aromatic hydroxyl groups is 1. The largest absolute Gasteiger partial charge is 0.507 e. The number of rotatable bonds is 5. The van der Waals surface area contributed by atoms with Gasteiger partial charge in [0.15, 0.2) is 11.5 Å². The molecule has 1 unspecified atom stereocenters. The Labute approximate surface area is 214 Å². The van der Waals surface area contributed by atoms with Crippen molar-refractivity contribution < 1.29 is 29.3 Å². The highest BCUT2D eigenvalue weighted by atomic mass is 35.5. The number of phenolic OH excluding ortho intramolecular Hbond substituents is 1. The van der Waals surface area contributed by atoms with Crippen LogP contribution in [0.15, 0.2) is 54.4 Å². The zero-order chi connectivity index (χ0) is 25.4. The van der Waals surface area contributed by atoms with Crippen LogP contribution in [0.5, 0.6) is 17.2 Å². The number of amides is 1. The van der Waals surface area contributed by atoms with E-state index in [1.165, 1.54) is 50.9 Å². The summed E-state index contributed by atoms with van der Waals surface area (Å²) < 4.78 is 10.5. The van der Waals surface area contributed by atoms with Crippen molar-refractivity contribution in [3.63, 3.8) is 0 Å². The fourth-order valence-corrected chi connectivity index (χ4v) is 4.77. The number of aromatic nitrogens is 1. The Balaban J connectivity index is 2.04. The molecule has 4 rings (SSSR count). The van der Waals surface area contributed by atoms with Gasteiger partial charge < -0.3 is 19.7 Å². The molecular formula is C24H17Cl3N2O6. The molecule has 1 amide bonds. The summed E-state index contributed by atoms with van der Waals surface area (Å²) in [5, 5.41) is 22.1. The summed E-state index contributed by atoms with van der Waals surface area (Å²) in [5.74, 6) is -2.81. The number of ether oxygens (including phenoxy) is 2. The van der Waals surface area contributed by atoms with Gasteiger partial charge in [-0.3, -0.25) is 19.5 Å². The number of aliphatic hydroxyl groups excluding tert-OH is 1. The van der Waals surface area contributed by atoms with Crippen molar-refractivity contribution in [2.45, 2.75) is 6.04 Å². The highest BCUT2D eigenvalue weighted by Gasteiger charge is 2.48. The molecule has 2 heterocycles. The summed E-state index contributed by atoms with van der Waals surface area (Å²) in [7, 11) is 2.67. The van der Waals surface area contributed by atoms with E-state index >= 15 is 0 Å². The third kappa shape index (κ3) is 4.14. The first-order valence-corrected chi connectivity index (χ1v) is 11.1. The van der Waals surface area contributed by atoms with Gasteiger partial charge in [0.25, 0.3) is 11.7 Å². The van der Waals surface area contributed by atoms with Crippen molar-refractivity contribution >= 4 is 57.9 Å². The highest BCUT2D eigenvalue weighted by molar-refractivity contribution is 6.52. The Morgan fingerprint density at radius 3 is 2.40 bits per heavy atom. The normalized spacial score (nSPS) is 17.1. The maximum Gasteiger partial charge on any atom is 0.300 e. The molecule has 1 aliphatic heterocycles. The average Bonchev–Trinajstić information content (AvgIpc) is 3.11. The topological polar surface area (TPSA) is 109 Å². The molecule has 2 N–H and O–H groups in total. The third-order valence-corrected chi connectivity index (χ3v) is 6.30. The number of ketones is 1. The Kier molecular flexibility index (Phi) is 6.80. The van der Waals surface area contributed by atoms with E-state index in [9.17, 15) is 19.8 Å². The molecule has 180 valence electrons. The average molecular weight is 536 g/mol. The molecular weight excluding hydrogens is 519 g/mol. The van der Waals surface area contributed by atoms with Crippen LogP contribution in [-0.2, 0) is 9.59 Å². The van der Waals surface area contributed by atoms with E-state index in [1.807, 2.05) is 0 Å². The van der Waals surface area contributed by atoms with Crippen LogP contribution in [-0.4, -0.2) is 41.1 Å². The highest BCUT2D eigenvalue weighted by Crippen LogP contribution is 2.49. The summed E-state index contributed by atoms with van der Waals surface area (Å²) in [6, 6.07) is 7.44. The molecule has 1 aromatic heterocycles. The first kappa shape index (κ1) is 24.7. The summed E-state index contributed by atoms with van der Waals surface area (Å²) in [6.07, 6.45) is 2.95. The second-order valence-electron chi connectivity index (χ2n) is 7.37. The second kappa shape index (κ2) is 9.65. The third-order valence-electron chi connectivity index (χ3n) is 5.44. The molecule has 1 fully saturated rings. The van der Waals surface area contributed by atoms with Crippen LogP contribution in [0, 0.1) is 0 Å². The number of halogens is 3. The predicted octanol–water partition coefficient (Wildman–Crippen LogP) is 5.39. The van der Waals surface area contributed by atoms with Gasteiger partial charge in [0.05, 0.1) is 42.1 Å². The molecule has 8 nitrogen and oxygen atoms in total. The van der Waals surface area contributed by atoms with Crippen molar-refractivity contribution in [1.82, 2.24) is 4.98 Å². The van der Waals surface area contributed by atoms with Crippen molar-refractivity contribution in [2.24, 2.45) is 0 Å². The van der Waals surface area contributed by atoms with Crippen LogP contribution in [0.3, 0.4) is 0 Å². The summed E-state index contributed by atoms with van der Waals surface area (Å²) >= 11 is 18.7. The molecule has 2 aromatic carbocycles. The van der Waals surface area contributed by atoms with Gasteiger partial charge >= 0.3 is 0 Å². The van der Waals surface area contributed by atoms with E-state index in [-0.39, 0.29) is 49.1 Å². The summed E-state index contributed by atoms with van der Waals surface area (Å²) in [5.41, 5.74) is 0.0334. The smallest absolute Gasteiger partial charge is 0.300 e. The Morgan fingerprint density at radius 2 is 1.77 bits per heavy atom. The SMILES string of the molecule is COc1c(Cl)cc(/C(O)=C2\C(=O)C(=O)N(c3cc(Cl)ccc3O)C2c2cccnc2)c(OC)c1Cl. The van der Waals surface area contributed by atoms with E-state index in [0.29, 0.717) is 5.56 Å².